The quantitative estimate of drug-likeness (QED) is 0.491. The van der Waals surface area contributed by atoms with E-state index in [2.05, 4.69) is 30.9 Å². The number of amides is 2. The molecule has 3 rings (SSSR count). The maximum Gasteiger partial charge on any atom is 0.261 e. The van der Waals surface area contributed by atoms with E-state index in [1.165, 1.54) is 0 Å². The molecule has 0 saturated heterocycles. The van der Waals surface area contributed by atoms with Gasteiger partial charge in [0.15, 0.2) is 0 Å². The molecule has 9 heteroatoms. The number of nitrogens with zero attached hydrogens (tertiary/aromatic N) is 3. The number of carbonyl (C=O) groups excluding carboxylic acids is 2. The van der Waals surface area contributed by atoms with Gasteiger partial charge in [-0.2, -0.15) is 0 Å². The molecule has 0 spiro atoms. The van der Waals surface area contributed by atoms with E-state index in [0.29, 0.717) is 21.8 Å². The van der Waals surface area contributed by atoms with E-state index in [1.54, 1.807) is 18.2 Å². The highest BCUT2D eigenvalue weighted by Crippen LogP contribution is 2.28. The second kappa shape index (κ2) is 4.93. The average molecular weight is 354 g/mol. The number of nitrogen functional groups attached to an aromatic ring is 1. The van der Waals surface area contributed by atoms with E-state index in [1.807, 2.05) is 0 Å². The zero-order valence-corrected chi connectivity index (χ0v) is 12.4. The Morgan fingerprint density at radius 3 is 2.80 bits per heavy atom. The molecule has 1 aliphatic rings. The summed E-state index contributed by atoms with van der Waals surface area (Å²) in [5.74, 6) is 4.64. The van der Waals surface area contributed by atoms with E-state index < -0.39 is 0 Å². The third-order valence-electron chi connectivity index (χ3n) is 2.93. The van der Waals surface area contributed by atoms with Gasteiger partial charge in [-0.15, -0.1) is 5.10 Å². The number of fused-ring (bicyclic) bond motifs is 1. The Balaban J connectivity index is 1.94. The van der Waals surface area contributed by atoms with E-state index in [-0.39, 0.29) is 18.4 Å². The largest absolute Gasteiger partial charge is 0.313 e. The second-order valence-electron chi connectivity index (χ2n) is 4.08. The number of aromatic nitrogens is 2. The van der Waals surface area contributed by atoms with Crippen LogP contribution in [0.2, 0.25) is 0 Å². The number of carbonyl (C=O) groups is 2. The Kier molecular flexibility index (Phi) is 3.24. The first kappa shape index (κ1) is 13.2. The molecule has 0 radical (unpaired) electrons. The van der Waals surface area contributed by atoms with Crippen LogP contribution in [-0.2, 0) is 6.54 Å². The van der Waals surface area contributed by atoms with Crippen LogP contribution in [0, 0.1) is 0 Å². The number of nitrogens with two attached hydrogens (primary N) is 1. The molecule has 1 aliphatic heterocycles. The Morgan fingerprint density at radius 1 is 1.30 bits per heavy atom. The van der Waals surface area contributed by atoms with Gasteiger partial charge in [0.25, 0.3) is 11.8 Å². The molecule has 2 amide bonds. The van der Waals surface area contributed by atoms with Crippen LogP contribution < -0.4 is 11.3 Å². The summed E-state index contributed by atoms with van der Waals surface area (Å²) in [7, 11) is 0. The fourth-order valence-electron chi connectivity index (χ4n) is 1.98. The van der Waals surface area contributed by atoms with E-state index in [4.69, 9.17) is 5.84 Å². The Morgan fingerprint density at radius 2 is 2.05 bits per heavy atom. The van der Waals surface area contributed by atoms with Crippen LogP contribution in [0.4, 0.5) is 5.00 Å². The van der Waals surface area contributed by atoms with Gasteiger partial charge in [-0.05, 0) is 18.2 Å². The van der Waals surface area contributed by atoms with Crippen molar-refractivity contribution in [3.63, 3.8) is 0 Å². The third kappa shape index (κ3) is 1.99. The number of hydrogen-bond donors (Lipinski definition) is 2. The molecule has 0 saturated carbocycles. The summed E-state index contributed by atoms with van der Waals surface area (Å²) in [4.78, 5) is 25.6. The van der Waals surface area contributed by atoms with Crippen molar-refractivity contribution in [2.75, 3.05) is 5.43 Å². The van der Waals surface area contributed by atoms with Gasteiger partial charge in [0, 0.05) is 16.0 Å². The molecule has 0 aliphatic carbocycles. The van der Waals surface area contributed by atoms with Crippen molar-refractivity contribution in [3.05, 3.63) is 39.5 Å². The normalized spacial score (nSPS) is 13.8. The summed E-state index contributed by atoms with van der Waals surface area (Å²) in [5, 5.41) is 4.40. The molecule has 1 aromatic heterocycles. The molecule has 1 aromatic carbocycles. The predicted molar refractivity (Wildman–Crippen MR) is 76.1 cm³/mol. The van der Waals surface area contributed by atoms with Gasteiger partial charge in [0.2, 0.25) is 0 Å². The van der Waals surface area contributed by atoms with Crippen LogP contribution >= 0.6 is 27.5 Å². The third-order valence-corrected chi connectivity index (χ3v) is 4.12. The summed E-state index contributed by atoms with van der Waals surface area (Å²) in [6.45, 7) is 0.0417. The number of benzene rings is 1. The Bertz CT molecular complexity index is 717. The van der Waals surface area contributed by atoms with Crippen molar-refractivity contribution in [1.82, 2.24) is 14.5 Å². The average Bonchev–Trinajstić information content (AvgIpc) is 2.98. The first-order chi connectivity index (χ1) is 9.61. The molecule has 0 fully saturated rings. The van der Waals surface area contributed by atoms with Crippen LogP contribution in [0.1, 0.15) is 26.4 Å². The first-order valence-electron chi connectivity index (χ1n) is 5.55. The minimum Gasteiger partial charge on any atom is -0.313 e. The van der Waals surface area contributed by atoms with Gasteiger partial charge in [0.1, 0.15) is 10.7 Å². The second-order valence-corrected chi connectivity index (χ2v) is 5.75. The molecule has 2 aromatic rings. The van der Waals surface area contributed by atoms with Gasteiger partial charge >= 0.3 is 0 Å². The molecule has 2 heterocycles. The smallest absolute Gasteiger partial charge is 0.261 e. The number of imide groups is 1. The molecule has 7 nitrogen and oxygen atoms in total. The van der Waals surface area contributed by atoms with Crippen LogP contribution in [-0.4, -0.2) is 26.3 Å². The van der Waals surface area contributed by atoms with Gasteiger partial charge < -0.3 is 5.43 Å². The number of hydrazine groups is 1. The minimum absolute atomic E-state index is 0.0417. The van der Waals surface area contributed by atoms with Crippen LogP contribution in [0.25, 0.3) is 0 Å². The summed E-state index contributed by atoms with van der Waals surface area (Å²) >= 11 is 4.35. The summed E-state index contributed by atoms with van der Waals surface area (Å²) < 4.78 is 4.49. The molecule has 0 bridgehead atoms. The van der Waals surface area contributed by atoms with E-state index in [0.717, 1.165) is 20.9 Å². The van der Waals surface area contributed by atoms with Crippen molar-refractivity contribution < 1.29 is 9.59 Å². The van der Waals surface area contributed by atoms with Crippen molar-refractivity contribution in [3.8, 4) is 0 Å². The number of hydrogen-bond acceptors (Lipinski definition) is 7. The molecular formula is C11H8BrN5O2S. The summed E-state index contributed by atoms with van der Waals surface area (Å²) in [6.07, 6.45) is 0. The lowest BCUT2D eigenvalue weighted by Gasteiger charge is -2.12. The fraction of sp³-hybridized carbons (Fsp3) is 0.0909. The van der Waals surface area contributed by atoms with Gasteiger partial charge in [-0.3, -0.25) is 14.5 Å². The Hall–Kier alpha value is -1.84. The number of anilines is 1. The molecule has 0 atom stereocenters. The molecular weight excluding hydrogens is 346 g/mol. The number of nitrogens with one attached hydrogen (secondary N) is 1. The first-order valence-corrected chi connectivity index (χ1v) is 7.12. The van der Waals surface area contributed by atoms with Crippen molar-refractivity contribution in [2.24, 2.45) is 5.84 Å². The zero-order chi connectivity index (χ0) is 14.3. The van der Waals surface area contributed by atoms with Crippen LogP contribution in [0.3, 0.4) is 0 Å². The highest BCUT2D eigenvalue weighted by molar-refractivity contribution is 9.10. The van der Waals surface area contributed by atoms with Crippen molar-refractivity contribution in [1.29, 1.82) is 0 Å². The zero-order valence-electron chi connectivity index (χ0n) is 9.96. The van der Waals surface area contributed by atoms with Gasteiger partial charge in [0.05, 0.1) is 17.7 Å². The lowest BCUT2D eigenvalue weighted by Crippen LogP contribution is -2.29. The summed E-state index contributed by atoms with van der Waals surface area (Å²) in [5.41, 5.74) is 3.69. The topological polar surface area (TPSA) is 101 Å². The SMILES string of the molecule is NNc1snnc1CN1C(=O)c2ccc(Br)cc2C1=O. The maximum atomic E-state index is 12.3. The molecule has 102 valence electrons. The lowest BCUT2D eigenvalue weighted by molar-refractivity contribution is 0.0640. The van der Waals surface area contributed by atoms with E-state index in [9.17, 15) is 9.59 Å². The highest BCUT2D eigenvalue weighted by Gasteiger charge is 2.36. The van der Waals surface area contributed by atoms with E-state index >= 15 is 0 Å². The summed E-state index contributed by atoms with van der Waals surface area (Å²) in [6, 6.07) is 4.99. The minimum atomic E-state index is -0.345. The number of halogens is 1. The van der Waals surface area contributed by atoms with Crippen molar-refractivity contribution >= 4 is 44.3 Å². The Labute approximate surface area is 126 Å². The van der Waals surface area contributed by atoms with Crippen LogP contribution in [0.5, 0.6) is 0 Å². The monoisotopic (exact) mass is 353 g/mol. The van der Waals surface area contributed by atoms with Crippen molar-refractivity contribution in [2.45, 2.75) is 6.54 Å². The predicted octanol–water partition coefficient (Wildman–Crippen LogP) is 1.38. The number of rotatable bonds is 3. The van der Waals surface area contributed by atoms with Crippen LogP contribution in [0.15, 0.2) is 22.7 Å². The highest BCUT2D eigenvalue weighted by atomic mass is 79.9. The van der Waals surface area contributed by atoms with Gasteiger partial charge in [-0.25, -0.2) is 5.84 Å². The molecule has 20 heavy (non-hydrogen) atoms. The molecule has 3 N–H and O–H groups in total. The fourth-order valence-corrected chi connectivity index (χ4v) is 2.82. The standard InChI is InChI=1S/C11H8BrN5O2S/c12-5-1-2-6-7(3-5)11(19)17(10(6)18)4-8-9(14-13)20-16-15-8/h1-3,14H,4,13H2. The maximum absolute atomic E-state index is 12.3. The lowest BCUT2D eigenvalue weighted by atomic mass is 10.1. The molecule has 0 unspecified atom stereocenters. The van der Waals surface area contributed by atoms with Gasteiger partial charge in [-0.1, -0.05) is 20.4 Å².